The van der Waals surface area contributed by atoms with Crippen LogP contribution in [0, 0.1) is 0 Å². The van der Waals surface area contributed by atoms with E-state index in [0.717, 1.165) is 30.5 Å². The molecule has 2 fully saturated rings. The number of nitrogens with zero attached hydrogens (tertiary/aromatic N) is 2. The Kier molecular flexibility index (Phi) is 5.35. The molecule has 0 aliphatic carbocycles. The number of benzene rings is 1. The zero-order chi connectivity index (χ0) is 16.9. The molecule has 0 radical (unpaired) electrons. The van der Waals surface area contributed by atoms with E-state index in [2.05, 4.69) is 12.2 Å². The summed E-state index contributed by atoms with van der Waals surface area (Å²) in [6, 6.07) is 7.75. The Labute approximate surface area is 142 Å². The predicted octanol–water partition coefficient (Wildman–Crippen LogP) is 2.10. The molecule has 2 heterocycles. The number of amides is 3. The summed E-state index contributed by atoms with van der Waals surface area (Å²) in [6.07, 6.45) is 2.37. The molecule has 1 aromatic carbocycles. The van der Waals surface area contributed by atoms with Crippen LogP contribution in [0.5, 0.6) is 0 Å². The molecule has 0 bridgehead atoms. The first-order valence-electron chi connectivity index (χ1n) is 8.73. The highest BCUT2D eigenvalue weighted by molar-refractivity contribution is 5.90. The summed E-state index contributed by atoms with van der Waals surface area (Å²) >= 11 is 0. The van der Waals surface area contributed by atoms with E-state index in [0.29, 0.717) is 32.8 Å². The van der Waals surface area contributed by atoms with Crippen LogP contribution in [-0.4, -0.2) is 60.6 Å². The molecule has 24 heavy (non-hydrogen) atoms. The largest absolute Gasteiger partial charge is 0.368 e. The van der Waals surface area contributed by atoms with Gasteiger partial charge in [-0.2, -0.15) is 0 Å². The molecule has 1 aromatic rings. The fourth-order valence-corrected chi connectivity index (χ4v) is 3.25. The molecule has 130 valence electrons. The van der Waals surface area contributed by atoms with Gasteiger partial charge in [0.2, 0.25) is 0 Å². The summed E-state index contributed by atoms with van der Waals surface area (Å²) in [6.45, 7) is 5.00. The van der Waals surface area contributed by atoms with Gasteiger partial charge in [-0.3, -0.25) is 4.79 Å². The summed E-state index contributed by atoms with van der Waals surface area (Å²) < 4.78 is 5.46. The van der Waals surface area contributed by atoms with Gasteiger partial charge in [0.25, 0.3) is 5.91 Å². The van der Waals surface area contributed by atoms with Crippen LogP contribution >= 0.6 is 0 Å². The number of carbonyl (C=O) groups is 2. The van der Waals surface area contributed by atoms with E-state index in [1.165, 1.54) is 0 Å². The smallest absolute Gasteiger partial charge is 0.321 e. The van der Waals surface area contributed by atoms with Crippen molar-refractivity contribution in [2.24, 2.45) is 0 Å². The van der Waals surface area contributed by atoms with Gasteiger partial charge in [0.15, 0.2) is 0 Å². The quantitative estimate of drug-likeness (QED) is 0.923. The number of urea groups is 1. The van der Waals surface area contributed by atoms with Gasteiger partial charge in [-0.15, -0.1) is 0 Å². The molecule has 1 atom stereocenters. The molecule has 2 aliphatic rings. The zero-order valence-electron chi connectivity index (χ0n) is 14.2. The Morgan fingerprint density at radius 1 is 1.17 bits per heavy atom. The molecule has 6 heteroatoms. The lowest BCUT2D eigenvalue weighted by atomic mass is 10.1. The summed E-state index contributed by atoms with van der Waals surface area (Å²) in [5.74, 6) is 0.0730. The second-order valence-electron chi connectivity index (χ2n) is 6.25. The number of ether oxygens (including phenoxy) is 1. The third-order valence-corrected chi connectivity index (χ3v) is 4.72. The van der Waals surface area contributed by atoms with Crippen LogP contribution in [0.1, 0.15) is 25.3 Å². The minimum absolute atomic E-state index is 0.0730. The second kappa shape index (κ2) is 7.66. The predicted molar refractivity (Wildman–Crippen MR) is 92.0 cm³/mol. The van der Waals surface area contributed by atoms with Gasteiger partial charge < -0.3 is 19.9 Å². The molecule has 6 nitrogen and oxygen atoms in total. The van der Waals surface area contributed by atoms with Crippen LogP contribution in [0.3, 0.4) is 0 Å². The summed E-state index contributed by atoms with van der Waals surface area (Å²) in [7, 11) is 0. The molecule has 0 aromatic heterocycles. The number of hydrogen-bond acceptors (Lipinski definition) is 3. The molecule has 0 saturated carbocycles. The first-order valence-corrected chi connectivity index (χ1v) is 8.73. The molecule has 3 rings (SSSR count). The lowest BCUT2D eigenvalue weighted by Crippen LogP contribution is -2.53. The lowest BCUT2D eigenvalue weighted by molar-refractivity contribution is -0.142. The van der Waals surface area contributed by atoms with Crippen LogP contribution in [0.25, 0.3) is 0 Å². The van der Waals surface area contributed by atoms with Crippen molar-refractivity contribution in [1.29, 1.82) is 0 Å². The summed E-state index contributed by atoms with van der Waals surface area (Å²) in [5, 5.41) is 2.99. The highest BCUT2D eigenvalue weighted by Crippen LogP contribution is 2.18. The highest BCUT2D eigenvalue weighted by atomic mass is 16.5. The Bertz CT molecular complexity index is 591. The van der Waals surface area contributed by atoms with Crippen molar-refractivity contribution < 1.29 is 14.3 Å². The molecule has 3 amide bonds. The maximum atomic E-state index is 12.5. The standard InChI is InChI=1S/C18H25N3O3/c1-2-14-6-3-4-7-15(14)19-18(23)21-11-9-20(10-12-21)17(22)16-8-5-13-24-16/h3-4,6-7,16H,2,5,8-13H2,1H3,(H,19,23)/t16-/m0/s1. The molecule has 2 saturated heterocycles. The fourth-order valence-electron chi connectivity index (χ4n) is 3.25. The Hall–Kier alpha value is -2.08. The van der Waals surface area contributed by atoms with Crippen molar-refractivity contribution in [3.8, 4) is 0 Å². The number of aryl methyl sites for hydroxylation is 1. The van der Waals surface area contributed by atoms with Crippen molar-refractivity contribution in [3.63, 3.8) is 0 Å². The molecule has 2 aliphatic heterocycles. The van der Waals surface area contributed by atoms with Crippen LogP contribution in [0.2, 0.25) is 0 Å². The van der Waals surface area contributed by atoms with Crippen LogP contribution in [-0.2, 0) is 16.0 Å². The monoisotopic (exact) mass is 331 g/mol. The van der Waals surface area contributed by atoms with Gasteiger partial charge in [-0.1, -0.05) is 25.1 Å². The minimum atomic E-state index is -0.276. The van der Waals surface area contributed by atoms with Gasteiger partial charge in [-0.05, 0) is 30.9 Å². The number of hydrogen-bond donors (Lipinski definition) is 1. The normalized spacial score (nSPS) is 21.0. The van der Waals surface area contributed by atoms with E-state index in [1.54, 1.807) is 4.90 Å². The lowest BCUT2D eigenvalue weighted by Gasteiger charge is -2.35. The first-order chi connectivity index (χ1) is 11.7. The summed E-state index contributed by atoms with van der Waals surface area (Å²) in [5.41, 5.74) is 1.99. The zero-order valence-corrected chi connectivity index (χ0v) is 14.2. The maximum absolute atomic E-state index is 12.5. The van der Waals surface area contributed by atoms with Gasteiger partial charge in [0.05, 0.1) is 0 Å². The summed E-state index contributed by atoms with van der Waals surface area (Å²) in [4.78, 5) is 28.4. The third kappa shape index (κ3) is 3.70. The van der Waals surface area contributed by atoms with E-state index >= 15 is 0 Å². The first kappa shape index (κ1) is 16.8. The second-order valence-corrected chi connectivity index (χ2v) is 6.25. The van der Waals surface area contributed by atoms with Gasteiger partial charge in [-0.25, -0.2) is 4.79 Å². The van der Waals surface area contributed by atoms with E-state index < -0.39 is 0 Å². The SMILES string of the molecule is CCc1ccccc1NC(=O)N1CCN(C(=O)[C@@H]2CCCO2)CC1. The number of anilines is 1. The van der Waals surface area contributed by atoms with E-state index in [9.17, 15) is 9.59 Å². The number of nitrogens with one attached hydrogen (secondary N) is 1. The highest BCUT2D eigenvalue weighted by Gasteiger charge is 2.31. The van der Waals surface area contributed by atoms with Crippen molar-refractivity contribution in [3.05, 3.63) is 29.8 Å². The molecule has 1 N–H and O–H groups in total. The Morgan fingerprint density at radius 2 is 1.88 bits per heavy atom. The van der Waals surface area contributed by atoms with Crippen molar-refractivity contribution in [2.45, 2.75) is 32.3 Å². The van der Waals surface area contributed by atoms with E-state index in [4.69, 9.17) is 4.74 Å². The average Bonchev–Trinajstić information content (AvgIpc) is 3.16. The molecular weight excluding hydrogens is 306 g/mol. The van der Waals surface area contributed by atoms with Gasteiger partial charge >= 0.3 is 6.03 Å². The van der Waals surface area contributed by atoms with E-state index in [1.807, 2.05) is 29.2 Å². The maximum Gasteiger partial charge on any atom is 0.321 e. The van der Waals surface area contributed by atoms with Gasteiger partial charge in [0.1, 0.15) is 6.10 Å². The minimum Gasteiger partial charge on any atom is -0.368 e. The molecule has 0 spiro atoms. The van der Waals surface area contributed by atoms with Gasteiger partial charge in [0, 0.05) is 38.5 Å². The fraction of sp³-hybridized carbons (Fsp3) is 0.556. The Morgan fingerprint density at radius 3 is 2.54 bits per heavy atom. The third-order valence-electron chi connectivity index (χ3n) is 4.72. The molecular formula is C18H25N3O3. The average molecular weight is 331 g/mol. The topological polar surface area (TPSA) is 61.9 Å². The van der Waals surface area contributed by atoms with Crippen LogP contribution in [0.15, 0.2) is 24.3 Å². The van der Waals surface area contributed by atoms with Crippen molar-refractivity contribution in [2.75, 3.05) is 38.1 Å². The number of piperazine rings is 1. The van der Waals surface area contributed by atoms with Crippen molar-refractivity contribution >= 4 is 17.6 Å². The van der Waals surface area contributed by atoms with Crippen LogP contribution < -0.4 is 5.32 Å². The Balaban J connectivity index is 1.52. The number of para-hydroxylation sites is 1. The number of rotatable bonds is 3. The van der Waals surface area contributed by atoms with E-state index in [-0.39, 0.29) is 18.0 Å². The van der Waals surface area contributed by atoms with Crippen molar-refractivity contribution in [1.82, 2.24) is 9.80 Å². The van der Waals surface area contributed by atoms with Crippen LogP contribution in [0.4, 0.5) is 10.5 Å². The number of carbonyl (C=O) groups excluding carboxylic acids is 2. The molecule has 0 unspecified atom stereocenters.